The van der Waals surface area contributed by atoms with Crippen molar-refractivity contribution in [2.45, 2.75) is 6.92 Å². The highest BCUT2D eigenvalue weighted by atomic mass is 14.9. The van der Waals surface area contributed by atoms with Crippen LogP contribution in [0.2, 0.25) is 0 Å². The molecule has 1 heterocycles. The first-order chi connectivity index (χ1) is 10.3. The SMILES string of the molecule is Cc1cc[n+](-c2c3ccccc3cc3ccccc23)cc1. The summed E-state index contributed by atoms with van der Waals surface area (Å²) >= 11 is 0. The molecule has 0 bridgehead atoms. The lowest BCUT2D eigenvalue weighted by Crippen LogP contribution is -2.30. The van der Waals surface area contributed by atoms with Gasteiger partial charge in [-0.25, -0.2) is 0 Å². The van der Waals surface area contributed by atoms with Crippen molar-refractivity contribution in [3.05, 3.63) is 84.7 Å². The molecule has 0 saturated heterocycles. The van der Waals surface area contributed by atoms with Gasteiger partial charge in [-0.2, -0.15) is 4.57 Å². The van der Waals surface area contributed by atoms with E-state index in [0.29, 0.717) is 0 Å². The van der Waals surface area contributed by atoms with Crippen LogP contribution in [0.1, 0.15) is 5.56 Å². The average molecular weight is 270 g/mol. The fourth-order valence-electron chi connectivity index (χ4n) is 2.92. The smallest absolute Gasteiger partial charge is 0.166 e. The standard InChI is InChI=1S/C20H16N/c1-15-10-12-21(13-11-15)20-18-8-4-2-6-16(18)14-17-7-3-5-9-19(17)20/h2-14H,1H3/q+1. The van der Waals surface area contributed by atoms with E-state index in [1.165, 1.54) is 32.8 Å². The highest BCUT2D eigenvalue weighted by molar-refractivity contribution is 6.05. The van der Waals surface area contributed by atoms with Gasteiger partial charge in [-0.05, 0) is 41.5 Å². The third-order valence-electron chi connectivity index (χ3n) is 4.00. The van der Waals surface area contributed by atoms with Crippen molar-refractivity contribution in [1.82, 2.24) is 0 Å². The molecule has 0 aliphatic rings. The van der Waals surface area contributed by atoms with Gasteiger partial charge in [0.1, 0.15) is 0 Å². The molecule has 1 aromatic heterocycles. The Kier molecular flexibility index (Phi) is 2.71. The molecule has 100 valence electrons. The van der Waals surface area contributed by atoms with Gasteiger partial charge in [0.2, 0.25) is 5.69 Å². The molecule has 0 saturated carbocycles. The molecule has 0 N–H and O–H groups in total. The Balaban J connectivity index is 2.18. The van der Waals surface area contributed by atoms with Gasteiger partial charge in [-0.3, -0.25) is 0 Å². The van der Waals surface area contributed by atoms with E-state index in [2.05, 4.69) is 90.6 Å². The summed E-state index contributed by atoms with van der Waals surface area (Å²) in [5, 5.41) is 5.12. The van der Waals surface area contributed by atoms with Crippen LogP contribution in [-0.2, 0) is 0 Å². The first-order valence-corrected chi connectivity index (χ1v) is 7.22. The molecule has 0 atom stereocenters. The van der Waals surface area contributed by atoms with Gasteiger partial charge < -0.3 is 0 Å². The summed E-state index contributed by atoms with van der Waals surface area (Å²) in [6, 6.07) is 23.7. The molecule has 3 aromatic carbocycles. The number of aromatic nitrogens is 1. The molecule has 0 aliphatic heterocycles. The topological polar surface area (TPSA) is 3.88 Å². The van der Waals surface area contributed by atoms with Gasteiger partial charge in [-0.15, -0.1) is 0 Å². The number of nitrogens with zero attached hydrogens (tertiary/aromatic N) is 1. The summed E-state index contributed by atoms with van der Waals surface area (Å²) in [6.07, 6.45) is 4.28. The molecule has 0 spiro atoms. The monoisotopic (exact) mass is 270 g/mol. The van der Waals surface area contributed by atoms with Crippen LogP contribution in [0.25, 0.3) is 27.2 Å². The molecule has 0 aliphatic carbocycles. The van der Waals surface area contributed by atoms with Crippen LogP contribution in [0.3, 0.4) is 0 Å². The summed E-state index contributed by atoms with van der Waals surface area (Å²) in [5.74, 6) is 0. The van der Waals surface area contributed by atoms with Gasteiger partial charge in [0.15, 0.2) is 12.4 Å². The lowest BCUT2D eigenvalue weighted by Gasteiger charge is -2.07. The summed E-state index contributed by atoms with van der Waals surface area (Å²) in [7, 11) is 0. The molecule has 0 radical (unpaired) electrons. The molecule has 0 unspecified atom stereocenters. The predicted octanol–water partition coefficient (Wildman–Crippen LogP) is 4.58. The summed E-state index contributed by atoms with van der Waals surface area (Å²) < 4.78 is 2.22. The zero-order valence-corrected chi connectivity index (χ0v) is 12.0. The van der Waals surface area contributed by atoms with Crippen molar-refractivity contribution in [1.29, 1.82) is 0 Å². The highest BCUT2D eigenvalue weighted by Crippen LogP contribution is 2.28. The lowest BCUT2D eigenvalue weighted by molar-refractivity contribution is -0.592. The summed E-state index contributed by atoms with van der Waals surface area (Å²) in [5.41, 5.74) is 2.53. The number of benzene rings is 3. The van der Waals surface area contributed by atoms with Crippen LogP contribution in [-0.4, -0.2) is 0 Å². The van der Waals surface area contributed by atoms with Crippen molar-refractivity contribution < 1.29 is 4.57 Å². The fourth-order valence-corrected chi connectivity index (χ4v) is 2.92. The number of fused-ring (bicyclic) bond motifs is 2. The summed E-state index contributed by atoms with van der Waals surface area (Å²) in [4.78, 5) is 0. The predicted molar refractivity (Wildman–Crippen MR) is 87.7 cm³/mol. The fraction of sp³-hybridized carbons (Fsp3) is 0.0500. The average Bonchev–Trinajstić information content (AvgIpc) is 2.53. The van der Waals surface area contributed by atoms with Gasteiger partial charge in [0.25, 0.3) is 0 Å². The second kappa shape index (κ2) is 4.71. The van der Waals surface area contributed by atoms with Crippen LogP contribution >= 0.6 is 0 Å². The zero-order valence-electron chi connectivity index (χ0n) is 12.0. The van der Waals surface area contributed by atoms with Crippen molar-refractivity contribution >= 4 is 21.5 Å². The highest BCUT2D eigenvalue weighted by Gasteiger charge is 2.15. The molecule has 1 heteroatoms. The van der Waals surface area contributed by atoms with Gasteiger partial charge in [-0.1, -0.05) is 36.4 Å². The number of rotatable bonds is 1. The maximum atomic E-state index is 2.27. The van der Waals surface area contributed by atoms with E-state index < -0.39 is 0 Å². The van der Waals surface area contributed by atoms with E-state index in [-0.39, 0.29) is 0 Å². The van der Waals surface area contributed by atoms with Crippen LogP contribution < -0.4 is 4.57 Å². The van der Waals surface area contributed by atoms with Crippen molar-refractivity contribution in [2.24, 2.45) is 0 Å². The molecule has 0 fully saturated rings. The van der Waals surface area contributed by atoms with Crippen molar-refractivity contribution in [2.75, 3.05) is 0 Å². The minimum absolute atomic E-state index is 1.25. The first-order valence-electron chi connectivity index (χ1n) is 7.22. The number of aryl methyl sites for hydroxylation is 1. The quantitative estimate of drug-likeness (QED) is 0.352. The number of pyridine rings is 1. The molecule has 1 nitrogen and oxygen atoms in total. The van der Waals surface area contributed by atoms with E-state index in [1.807, 2.05) is 0 Å². The van der Waals surface area contributed by atoms with E-state index in [1.54, 1.807) is 0 Å². The Morgan fingerprint density at radius 3 is 1.76 bits per heavy atom. The largest absolute Gasteiger partial charge is 0.226 e. The lowest BCUT2D eigenvalue weighted by atomic mass is 10.0. The van der Waals surface area contributed by atoms with Crippen molar-refractivity contribution in [3.8, 4) is 5.69 Å². The van der Waals surface area contributed by atoms with Crippen molar-refractivity contribution in [3.63, 3.8) is 0 Å². The maximum absolute atomic E-state index is 2.27. The normalized spacial score (nSPS) is 11.1. The Labute approximate surface area is 124 Å². The van der Waals surface area contributed by atoms with Crippen LogP contribution in [0, 0.1) is 6.92 Å². The van der Waals surface area contributed by atoms with Crippen LogP contribution in [0.5, 0.6) is 0 Å². The molecular formula is C20H16N+. The maximum Gasteiger partial charge on any atom is 0.226 e. The Bertz CT molecular complexity index is 883. The minimum Gasteiger partial charge on any atom is -0.166 e. The van der Waals surface area contributed by atoms with Gasteiger partial charge >= 0.3 is 0 Å². The Hall–Kier alpha value is -2.67. The molecule has 21 heavy (non-hydrogen) atoms. The molecule has 4 aromatic rings. The minimum atomic E-state index is 1.25. The number of hydrogen-bond donors (Lipinski definition) is 0. The summed E-state index contributed by atoms with van der Waals surface area (Å²) in [6.45, 7) is 2.12. The van der Waals surface area contributed by atoms with Crippen LogP contribution in [0.15, 0.2) is 79.1 Å². The zero-order chi connectivity index (χ0) is 14.2. The van der Waals surface area contributed by atoms with E-state index >= 15 is 0 Å². The number of hydrogen-bond acceptors (Lipinski definition) is 0. The second-order valence-corrected chi connectivity index (χ2v) is 5.45. The van der Waals surface area contributed by atoms with Gasteiger partial charge in [0.05, 0.1) is 10.8 Å². The second-order valence-electron chi connectivity index (χ2n) is 5.45. The van der Waals surface area contributed by atoms with E-state index in [9.17, 15) is 0 Å². The molecule has 4 rings (SSSR count). The first kappa shape index (κ1) is 12.1. The Morgan fingerprint density at radius 1 is 0.667 bits per heavy atom. The van der Waals surface area contributed by atoms with E-state index in [4.69, 9.17) is 0 Å². The Morgan fingerprint density at radius 2 is 1.19 bits per heavy atom. The van der Waals surface area contributed by atoms with Gasteiger partial charge in [0, 0.05) is 12.1 Å². The van der Waals surface area contributed by atoms with Crippen LogP contribution in [0.4, 0.5) is 0 Å². The van der Waals surface area contributed by atoms with E-state index in [0.717, 1.165) is 0 Å². The molecular weight excluding hydrogens is 254 g/mol. The third-order valence-corrected chi connectivity index (χ3v) is 4.00. The molecule has 0 amide bonds. The third kappa shape index (κ3) is 1.98.